The standard InChI is InChI=1S/C19H20FN5O4S/c1-12(14-6-4-5-7-16(14)20)29-18(26)8-17-15(11-23-25(17)2)19-21-9-13(10-22-19)24-30(3,27)28/h4-7,9-12,24H,8H2,1-3H3/t12-/m1/s1. The summed E-state index contributed by atoms with van der Waals surface area (Å²) in [6.45, 7) is 1.59. The molecule has 0 saturated heterocycles. The molecular weight excluding hydrogens is 413 g/mol. The number of sulfonamides is 1. The van der Waals surface area contributed by atoms with Crippen LogP contribution in [-0.4, -0.2) is 40.4 Å². The average molecular weight is 433 g/mol. The highest BCUT2D eigenvalue weighted by atomic mass is 32.2. The zero-order valence-electron chi connectivity index (χ0n) is 16.5. The third-order valence-electron chi connectivity index (χ3n) is 4.22. The van der Waals surface area contributed by atoms with E-state index in [1.807, 2.05) is 0 Å². The van der Waals surface area contributed by atoms with Gasteiger partial charge >= 0.3 is 5.97 Å². The number of halogens is 1. The first-order chi connectivity index (χ1) is 14.1. The van der Waals surface area contributed by atoms with Gasteiger partial charge in [-0.05, 0) is 13.0 Å². The van der Waals surface area contributed by atoms with E-state index in [-0.39, 0.29) is 23.5 Å². The molecule has 0 unspecified atom stereocenters. The Hall–Kier alpha value is -3.34. The molecule has 1 atom stereocenters. The topological polar surface area (TPSA) is 116 Å². The van der Waals surface area contributed by atoms with Crippen molar-refractivity contribution in [2.45, 2.75) is 19.4 Å². The summed E-state index contributed by atoms with van der Waals surface area (Å²) in [5.41, 5.74) is 1.50. The predicted octanol–water partition coefficient (Wildman–Crippen LogP) is 2.23. The maximum absolute atomic E-state index is 13.9. The SMILES string of the molecule is C[C@@H](OC(=O)Cc1c(-c2ncc(NS(C)(=O)=O)cn2)cnn1C)c1ccccc1F. The van der Waals surface area contributed by atoms with Crippen LogP contribution in [0.25, 0.3) is 11.4 Å². The Bertz CT molecular complexity index is 1160. The Kier molecular flexibility index (Phi) is 6.11. The van der Waals surface area contributed by atoms with Crippen molar-refractivity contribution in [3.63, 3.8) is 0 Å². The lowest BCUT2D eigenvalue weighted by Crippen LogP contribution is -2.15. The van der Waals surface area contributed by atoms with Crippen LogP contribution in [0.5, 0.6) is 0 Å². The van der Waals surface area contributed by atoms with Crippen molar-refractivity contribution in [1.82, 2.24) is 19.7 Å². The molecule has 3 rings (SSSR count). The molecule has 1 N–H and O–H groups in total. The molecule has 1 aromatic carbocycles. The normalized spacial score (nSPS) is 12.4. The molecule has 0 spiro atoms. The van der Waals surface area contributed by atoms with E-state index in [0.717, 1.165) is 6.26 Å². The summed E-state index contributed by atoms with van der Waals surface area (Å²) in [6.07, 6.45) is 4.28. The molecule has 0 amide bonds. The fourth-order valence-corrected chi connectivity index (χ4v) is 3.37. The molecule has 0 aliphatic carbocycles. The van der Waals surface area contributed by atoms with Crippen molar-refractivity contribution in [3.05, 3.63) is 59.9 Å². The summed E-state index contributed by atoms with van der Waals surface area (Å²) < 4.78 is 45.6. The van der Waals surface area contributed by atoms with E-state index in [9.17, 15) is 17.6 Å². The molecule has 11 heteroatoms. The first-order valence-electron chi connectivity index (χ1n) is 8.89. The summed E-state index contributed by atoms with van der Waals surface area (Å²) in [6, 6.07) is 6.09. The zero-order valence-corrected chi connectivity index (χ0v) is 17.4. The summed E-state index contributed by atoms with van der Waals surface area (Å²) >= 11 is 0. The summed E-state index contributed by atoms with van der Waals surface area (Å²) in [4.78, 5) is 20.7. The molecule has 2 heterocycles. The number of aryl methyl sites for hydroxylation is 1. The summed E-state index contributed by atoms with van der Waals surface area (Å²) in [7, 11) is -1.79. The van der Waals surface area contributed by atoms with Gasteiger partial charge in [0.05, 0.1) is 48.2 Å². The van der Waals surface area contributed by atoms with Crippen LogP contribution in [-0.2, 0) is 33.0 Å². The van der Waals surface area contributed by atoms with Gasteiger partial charge in [-0.15, -0.1) is 0 Å². The first-order valence-corrected chi connectivity index (χ1v) is 10.8. The molecule has 158 valence electrons. The maximum atomic E-state index is 13.9. The molecule has 3 aromatic rings. The second kappa shape index (κ2) is 8.57. The lowest BCUT2D eigenvalue weighted by Gasteiger charge is -2.14. The molecule has 0 radical (unpaired) electrons. The number of nitrogens with zero attached hydrogens (tertiary/aromatic N) is 4. The maximum Gasteiger partial charge on any atom is 0.312 e. The van der Waals surface area contributed by atoms with Crippen LogP contribution in [0, 0.1) is 5.82 Å². The third kappa shape index (κ3) is 5.17. The van der Waals surface area contributed by atoms with Crippen LogP contribution in [0.15, 0.2) is 42.9 Å². The fourth-order valence-electron chi connectivity index (χ4n) is 2.84. The summed E-state index contributed by atoms with van der Waals surface area (Å²) in [5.74, 6) is -0.742. The summed E-state index contributed by atoms with van der Waals surface area (Å²) in [5, 5.41) is 4.14. The zero-order chi connectivity index (χ0) is 21.9. The number of anilines is 1. The molecule has 0 bridgehead atoms. The van der Waals surface area contributed by atoms with E-state index in [0.29, 0.717) is 11.3 Å². The van der Waals surface area contributed by atoms with Crippen LogP contribution in [0.1, 0.15) is 24.3 Å². The Labute approximate surface area is 173 Å². The van der Waals surface area contributed by atoms with E-state index in [4.69, 9.17) is 4.74 Å². The minimum Gasteiger partial charge on any atom is -0.457 e. The van der Waals surface area contributed by atoms with Crippen LogP contribution >= 0.6 is 0 Å². The number of hydrogen-bond donors (Lipinski definition) is 1. The number of rotatable bonds is 7. The number of nitrogens with one attached hydrogen (secondary N) is 1. The molecule has 0 aliphatic heterocycles. The van der Waals surface area contributed by atoms with E-state index >= 15 is 0 Å². The molecule has 0 fully saturated rings. The largest absolute Gasteiger partial charge is 0.457 e. The quantitative estimate of drug-likeness (QED) is 0.568. The van der Waals surface area contributed by atoms with Gasteiger partial charge in [0.2, 0.25) is 10.0 Å². The van der Waals surface area contributed by atoms with Gasteiger partial charge in [0.15, 0.2) is 5.82 Å². The smallest absolute Gasteiger partial charge is 0.312 e. The Morgan fingerprint density at radius 3 is 2.53 bits per heavy atom. The highest BCUT2D eigenvalue weighted by molar-refractivity contribution is 7.92. The number of carbonyl (C=O) groups is 1. The lowest BCUT2D eigenvalue weighted by molar-refractivity contribution is -0.148. The van der Waals surface area contributed by atoms with Gasteiger partial charge < -0.3 is 4.74 Å². The molecule has 0 aliphatic rings. The number of ether oxygens (including phenoxy) is 1. The van der Waals surface area contributed by atoms with Crippen LogP contribution < -0.4 is 4.72 Å². The van der Waals surface area contributed by atoms with Crippen LogP contribution in [0.2, 0.25) is 0 Å². The molecule has 9 nitrogen and oxygen atoms in total. The highest BCUT2D eigenvalue weighted by Gasteiger charge is 2.20. The Morgan fingerprint density at radius 2 is 1.90 bits per heavy atom. The molecule has 0 saturated carbocycles. The Morgan fingerprint density at radius 1 is 1.23 bits per heavy atom. The van der Waals surface area contributed by atoms with Crippen molar-refractivity contribution in [1.29, 1.82) is 0 Å². The van der Waals surface area contributed by atoms with Crippen molar-refractivity contribution in [3.8, 4) is 11.4 Å². The van der Waals surface area contributed by atoms with Crippen molar-refractivity contribution in [2.24, 2.45) is 7.05 Å². The number of benzene rings is 1. The highest BCUT2D eigenvalue weighted by Crippen LogP contribution is 2.24. The minimum absolute atomic E-state index is 0.128. The van der Waals surface area contributed by atoms with Gasteiger partial charge in [-0.2, -0.15) is 5.10 Å². The van der Waals surface area contributed by atoms with Crippen LogP contribution in [0.4, 0.5) is 10.1 Å². The van der Waals surface area contributed by atoms with Gasteiger partial charge in [0, 0.05) is 12.6 Å². The molecule has 30 heavy (non-hydrogen) atoms. The van der Waals surface area contributed by atoms with Crippen molar-refractivity contribution < 1.29 is 22.3 Å². The predicted molar refractivity (Wildman–Crippen MR) is 107 cm³/mol. The van der Waals surface area contributed by atoms with E-state index in [2.05, 4.69) is 19.8 Å². The molecule has 2 aromatic heterocycles. The number of aromatic nitrogens is 4. The van der Waals surface area contributed by atoms with Gasteiger partial charge in [-0.3, -0.25) is 14.2 Å². The van der Waals surface area contributed by atoms with Gasteiger partial charge in [-0.1, -0.05) is 18.2 Å². The number of carbonyl (C=O) groups excluding carboxylic acids is 1. The minimum atomic E-state index is -3.45. The van der Waals surface area contributed by atoms with Gasteiger partial charge in [0.1, 0.15) is 11.9 Å². The molecular formula is C19H20FN5O4S. The van der Waals surface area contributed by atoms with Crippen molar-refractivity contribution >= 4 is 21.7 Å². The number of hydrogen-bond acceptors (Lipinski definition) is 7. The second-order valence-corrected chi connectivity index (χ2v) is 8.38. The fraction of sp³-hybridized carbons (Fsp3) is 0.263. The van der Waals surface area contributed by atoms with E-state index < -0.39 is 27.9 Å². The average Bonchev–Trinajstić information content (AvgIpc) is 3.02. The van der Waals surface area contributed by atoms with Crippen LogP contribution in [0.3, 0.4) is 0 Å². The monoisotopic (exact) mass is 433 g/mol. The lowest BCUT2D eigenvalue weighted by atomic mass is 10.1. The van der Waals surface area contributed by atoms with Gasteiger partial charge in [-0.25, -0.2) is 22.8 Å². The first kappa shape index (κ1) is 21.4. The number of esters is 1. The van der Waals surface area contributed by atoms with E-state index in [1.54, 1.807) is 32.2 Å². The van der Waals surface area contributed by atoms with Crippen molar-refractivity contribution in [2.75, 3.05) is 11.0 Å². The third-order valence-corrected chi connectivity index (χ3v) is 4.83. The second-order valence-electron chi connectivity index (χ2n) is 6.63. The van der Waals surface area contributed by atoms with E-state index in [1.165, 1.54) is 29.3 Å². The Balaban J connectivity index is 1.76. The van der Waals surface area contributed by atoms with Gasteiger partial charge in [0.25, 0.3) is 0 Å².